The second kappa shape index (κ2) is 5.98. The van der Waals surface area contributed by atoms with Gasteiger partial charge >= 0.3 is 0 Å². The average Bonchev–Trinajstić information content (AvgIpc) is 2.32. The molecule has 0 aliphatic heterocycles. The van der Waals surface area contributed by atoms with Crippen molar-refractivity contribution in [2.45, 2.75) is 27.7 Å². The minimum atomic E-state index is -0.929. The van der Waals surface area contributed by atoms with Crippen LogP contribution < -0.4 is 0 Å². The molecule has 2 heteroatoms. The van der Waals surface area contributed by atoms with Crippen LogP contribution >= 0.6 is 0 Å². The predicted molar refractivity (Wildman–Crippen MR) is 61.5 cm³/mol. The maximum absolute atomic E-state index is 11.7. The van der Waals surface area contributed by atoms with Crippen molar-refractivity contribution in [2.24, 2.45) is 5.41 Å². The molecule has 0 saturated heterocycles. The molecule has 0 saturated carbocycles. The molecule has 1 aromatic rings. The van der Waals surface area contributed by atoms with Gasteiger partial charge in [0.1, 0.15) is 5.41 Å². The zero-order chi connectivity index (χ0) is 11.9. The van der Waals surface area contributed by atoms with Crippen molar-refractivity contribution >= 4 is 5.78 Å². The molecule has 0 atom stereocenters. The van der Waals surface area contributed by atoms with Gasteiger partial charge in [0.15, 0.2) is 5.78 Å². The molecule has 1 rings (SSSR count). The Kier molecular flexibility index (Phi) is 5.33. The number of rotatable bonds is 2. The highest BCUT2D eigenvalue weighted by Crippen LogP contribution is 2.20. The van der Waals surface area contributed by atoms with Crippen molar-refractivity contribution in [3.63, 3.8) is 0 Å². The molecule has 0 spiro atoms. The molecule has 15 heavy (non-hydrogen) atoms. The van der Waals surface area contributed by atoms with Gasteiger partial charge in [-0.05, 0) is 13.8 Å². The van der Waals surface area contributed by atoms with E-state index in [4.69, 9.17) is 5.26 Å². The average molecular weight is 203 g/mol. The van der Waals surface area contributed by atoms with E-state index in [0.29, 0.717) is 5.56 Å². The molecule has 0 aliphatic rings. The first-order valence-corrected chi connectivity index (χ1v) is 5.09. The van der Waals surface area contributed by atoms with Crippen molar-refractivity contribution in [3.8, 4) is 6.07 Å². The lowest BCUT2D eigenvalue weighted by molar-refractivity contribution is 0.0892. The molecule has 0 aliphatic carbocycles. The summed E-state index contributed by atoms with van der Waals surface area (Å²) in [6, 6.07) is 10.9. The quantitative estimate of drug-likeness (QED) is 0.691. The number of nitrogens with zero attached hydrogens (tertiary/aromatic N) is 1. The highest BCUT2D eigenvalue weighted by molar-refractivity contribution is 6.01. The van der Waals surface area contributed by atoms with Gasteiger partial charge in [-0.25, -0.2) is 0 Å². The molecule has 1 aromatic carbocycles. The maximum Gasteiger partial charge on any atom is 0.182 e. The maximum atomic E-state index is 11.7. The van der Waals surface area contributed by atoms with E-state index in [1.807, 2.05) is 26.0 Å². The monoisotopic (exact) mass is 203 g/mol. The van der Waals surface area contributed by atoms with Gasteiger partial charge in [-0.3, -0.25) is 4.79 Å². The van der Waals surface area contributed by atoms with Crippen LogP contribution in [0.5, 0.6) is 0 Å². The molecule has 0 unspecified atom stereocenters. The molecule has 0 fully saturated rings. The predicted octanol–water partition coefficient (Wildman–Crippen LogP) is 3.45. The van der Waals surface area contributed by atoms with Gasteiger partial charge in [0.05, 0.1) is 6.07 Å². The van der Waals surface area contributed by atoms with Crippen molar-refractivity contribution < 1.29 is 4.79 Å². The molecular formula is C13H17NO. The Morgan fingerprint density at radius 2 is 1.67 bits per heavy atom. The van der Waals surface area contributed by atoms with Crippen LogP contribution in [0.2, 0.25) is 0 Å². The third-order valence-electron chi connectivity index (χ3n) is 1.88. The normalized spacial score (nSPS) is 9.53. The van der Waals surface area contributed by atoms with Gasteiger partial charge in [0.2, 0.25) is 0 Å². The van der Waals surface area contributed by atoms with Crippen LogP contribution in [-0.2, 0) is 0 Å². The largest absolute Gasteiger partial charge is 0.292 e. The SMILES string of the molecule is CC.CC(C)(C#N)C(=O)c1ccccc1. The van der Waals surface area contributed by atoms with Crippen LogP contribution in [0, 0.1) is 16.7 Å². The fraction of sp³-hybridized carbons (Fsp3) is 0.385. The minimum Gasteiger partial charge on any atom is -0.292 e. The van der Waals surface area contributed by atoms with Gasteiger partial charge in [-0.2, -0.15) is 5.26 Å². The van der Waals surface area contributed by atoms with Crippen LogP contribution in [-0.4, -0.2) is 5.78 Å². The first kappa shape index (κ1) is 13.4. The van der Waals surface area contributed by atoms with Crippen LogP contribution in [0.3, 0.4) is 0 Å². The van der Waals surface area contributed by atoms with Gasteiger partial charge < -0.3 is 0 Å². The molecule has 0 aromatic heterocycles. The van der Waals surface area contributed by atoms with Gasteiger partial charge in [-0.1, -0.05) is 44.2 Å². The lowest BCUT2D eigenvalue weighted by Crippen LogP contribution is -2.21. The fourth-order valence-corrected chi connectivity index (χ4v) is 1.00. The minimum absolute atomic E-state index is 0.129. The van der Waals surface area contributed by atoms with Crippen molar-refractivity contribution in [1.82, 2.24) is 0 Å². The molecule has 0 bridgehead atoms. The van der Waals surface area contributed by atoms with E-state index in [9.17, 15) is 4.79 Å². The topological polar surface area (TPSA) is 40.9 Å². The molecule has 0 amide bonds. The summed E-state index contributed by atoms with van der Waals surface area (Å²) in [4.78, 5) is 11.7. The Balaban J connectivity index is 0.000000921. The summed E-state index contributed by atoms with van der Waals surface area (Å²) >= 11 is 0. The number of carbonyl (C=O) groups excluding carboxylic acids is 1. The number of benzene rings is 1. The van der Waals surface area contributed by atoms with Crippen molar-refractivity contribution in [2.75, 3.05) is 0 Å². The van der Waals surface area contributed by atoms with Crippen LogP contribution in [0.4, 0.5) is 0 Å². The molecule has 0 heterocycles. The standard InChI is InChI=1S/C11H11NO.C2H6/c1-11(2,8-12)10(13)9-6-4-3-5-7-9;1-2/h3-7H,1-2H3;1-2H3. The summed E-state index contributed by atoms with van der Waals surface area (Å²) in [5, 5.41) is 8.75. The number of hydrogen-bond acceptors (Lipinski definition) is 2. The number of carbonyl (C=O) groups is 1. The number of nitriles is 1. The molecule has 80 valence electrons. The summed E-state index contributed by atoms with van der Waals surface area (Å²) in [5.74, 6) is -0.129. The van der Waals surface area contributed by atoms with E-state index in [1.54, 1.807) is 38.1 Å². The highest BCUT2D eigenvalue weighted by Gasteiger charge is 2.27. The van der Waals surface area contributed by atoms with Gasteiger partial charge in [0.25, 0.3) is 0 Å². The highest BCUT2D eigenvalue weighted by atomic mass is 16.1. The summed E-state index contributed by atoms with van der Waals surface area (Å²) in [6.45, 7) is 7.25. The third kappa shape index (κ3) is 3.55. The van der Waals surface area contributed by atoms with Crippen molar-refractivity contribution in [3.05, 3.63) is 35.9 Å². The first-order valence-electron chi connectivity index (χ1n) is 5.09. The van der Waals surface area contributed by atoms with E-state index in [0.717, 1.165) is 0 Å². The number of hydrogen-bond donors (Lipinski definition) is 0. The number of Topliss-reactive ketones (excluding diaryl/α,β-unsaturated/α-hetero) is 1. The second-order valence-electron chi connectivity index (χ2n) is 3.43. The summed E-state index contributed by atoms with van der Waals surface area (Å²) in [7, 11) is 0. The lowest BCUT2D eigenvalue weighted by atomic mass is 9.86. The van der Waals surface area contributed by atoms with E-state index in [2.05, 4.69) is 0 Å². The Morgan fingerprint density at radius 3 is 2.07 bits per heavy atom. The first-order chi connectivity index (χ1) is 7.08. The molecule has 0 radical (unpaired) electrons. The van der Waals surface area contributed by atoms with Gasteiger partial charge in [-0.15, -0.1) is 0 Å². The zero-order valence-corrected chi connectivity index (χ0v) is 9.74. The molecular weight excluding hydrogens is 186 g/mol. The molecule has 2 nitrogen and oxygen atoms in total. The molecule has 0 N–H and O–H groups in total. The number of ketones is 1. The zero-order valence-electron chi connectivity index (χ0n) is 9.74. The van der Waals surface area contributed by atoms with Crippen LogP contribution in [0.25, 0.3) is 0 Å². The van der Waals surface area contributed by atoms with Crippen LogP contribution in [0.15, 0.2) is 30.3 Å². The van der Waals surface area contributed by atoms with E-state index in [-0.39, 0.29) is 5.78 Å². The summed E-state index contributed by atoms with van der Waals surface area (Å²) in [5.41, 5.74) is -0.337. The Labute approximate surface area is 91.5 Å². The van der Waals surface area contributed by atoms with E-state index in [1.165, 1.54) is 0 Å². The Morgan fingerprint density at radius 1 is 1.20 bits per heavy atom. The van der Waals surface area contributed by atoms with Gasteiger partial charge in [0, 0.05) is 5.56 Å². The van der Waals surface area contributed by atoms with E-state index >= 15 is 0 Å². The summed E-state index contributed by atoms with van der Waals surface area (Å²) < 4.78 is 0. The second-order valence-corrected chi connectivity index (χ2v) is 3.43. The van der Waals surface area contributed by atoms with E-state index < -0.39 is 5.41 Å². The fourth-order valence-electron chi connectivity index (χ4n) is 1.00. The summed E-state index contributed by atoms with van der Waals surface area (Å²) in [6.07, 6.45) is 0. The van der Waals surface area contributed by atoms with Crippen LogP contribution in [0.1, 0.15) is 38.1 Å². The Bertz CT molecular complexity index is 347. The third-order valence-corrected chi connectivity index (χ3v) is 1.88. The lowest BCUT2D eigenvalue weighted by Gasteiger charge is -2.12. The van der Waals surface area contributed by atoms with Crippen molar-refractivity contribution in [1.29, 1.82) is 5.26 Å². The smallest absolute Gasteiger partial charge is 0.182 e. The Hall–Kier alpha value is -1.62.